The molecule has 0 saturated heterocycles. The fourth-order valence-electron chi connectivity index (χ4n) is 9.60. The van der Waals surface area contributed by atoms with E-state index in [1.54, 1.807) is 0 Å². The predicted octanol–water partition coefficient (Wildman–Crippen LogP) is 23.3. The van der Waals surface area contributed by atoms with Gasteiger partial charge in [0.05, 0.1) is 26.4 Å². The molecule has 0 aromatic rings. The van der Waals surface area contributed by atoms with E-state index in [1.807, 2.05) is 12.2 Å². The van der Waals surface area contributed by atoms with Crippen LogP contribution in [-0.2, 0) is 65.4 Å². The highest BCUT2D eigenvalue weighted by molar-refractivity contribution is 7.47. The molecular formula is C87H138O17P2. The quantitative estimate of drug-likeness (QED) is 0.0169. The lowest BCUT2D eigenvalue weighted by Crippen LogP contribution is -2.30. The molecule has 0 aromatic heterocycles. The number of aliphatic hydroxyl groups is 1. The van der Waals surface area contributed by atoms with E-state index in [1.165, 1.54) is 0 Å². The number of ether oxygens (including phenoxy) is 4. The lowest BCUT2D eigenvalue weighted by atomic mass is 10.1. The van der Waals surface area contributed by atoms with Gasteiger partial charge in [-0.2, -0.15) is 0 Å². The molecule has 0 aliphatic heterocycles. The molecule has 0 radical (unpaired) electrons. The third-order valence-electron chi connectivity index (χ3n) is 15.5. The molecule has 0 heterocycles. The molecule has 0 aromatic carbocycles. The van der Waals surface area contributed by atoms with Gasteiger partial charge in [-0.1, -0.05) is 267 Å². The summed E-state index contributed by atoms with van der Waals surface area (Å²) < 4.78 is 68.5. The van der Waals surface area contributed by atoms with Gasteiger partial charge < -0.3 is 33.8 Å². The minimum Gasteiger partial charge on any atom is -0.462 e. The van der Waals surface area contributed by atoms with Gasteiger partial charge in [0.2, 0.25) is 0 Å². The van der Waals surface area contributed by atoms with Gasteiger partial charge in [-0.3, -0.25) is 37.3 Å². The van der Waals surface area contributed by atoms with E-state index in [0.29, 0.717) is 32.1 Å². The predicted molar refractivity (Wildman–Crippen MR) is 436 cm³/mol. The fraction of sp³-hybridized carbons (Fsp3) is 0.586. The van der Waals surface area contributed by atoms with E-state index in [4.69, 9.17) is 37.0 Å². The van der Waals surface area contributed by atoms with Crippen molar-refractivity contribution in [2.45, 2.75) is 290 Å². The maximum absolute atomic E-state index is 13.1. The van der Waals surface area contributed by atoms with E-state index < -0.39 is 97.5 Å². The van der Waals surface area contributed by atoms with Crippen LogP contribution in [0.2, 0.25) is 0 Å². The van der Waals surface area contributed by atoms with Gasteiger partial charge in [0, 0.05) is 25.7 Å². The van der Waals surface area contributed by atoms with Crippen molar-refractivity contribution in [1.29, 1.82) is 0 Å². The van der Waals surface area contributed by atoms with Crippen molar-refractivity contribution in [3.05, 3.63) is 194 Å². The number of phosphoric acid groups is 2. The maximum Gasteiger partial charge on any atom is 0.472 e. The average Bonchev–Trinajstić information content (AvgIpc) is 0.900. The minimum atomic E-state index is -5.01. The van der Waals surface area contributed by atoms with E-state index >= 15 is 0 Å². The number of carbonyl (C=O) groups is 4. The Kier molecular flexibility index (Phi) is 72.6. The van der Waals surface area contributed by atoms with Crippen molar-refractivity contribution in [2.24, 2.45) is 0 Å². The Labute approximate surface area is 640 Å². The van der Waals surface area contributed by atoms with Crippen LogP contribution in [0.1, 0.15) is 272 Å². The number of hydrogen-bond acceptors (Lipinski definition) is 15. The van der Waals surface area contributed by atoms with Gasteiger partial charge in [0.25, 0.3) is 0 Å². The molecule has 0 aliphatic rings. The Hall–Kier alpha value is -6.10. The highest BCUT2D eigenvalue weighted by Gasteiger charge is 2.30. The van der Waals surface area contributed by atoms with Crippen molar-refractivity contribution < 1.29 is 80.2 Å². The van der Waals surface area contributed by atoms with E-state index in [-0.39, 0.29) is 25.7 Å². The van der Waals surface area contributed by atoms with Crippen LogP contribution < -0.4 is 0 Å². The summed E-state index contributed by atoms with van der Waals surface area (Å²) in [5.41, 5.74) is 0. The topological polar surface area (TPSA) is 237 Å². The van der Waals surface area contributed by atoms with Gasteiger partial charge in [0.1, 0.15) is 19.3 Å². The zero-order valence-corrected chi connectivity index (χ0v) is 67.1. The number of rotatable bonds is 72. The highest BCUT2D eigenvalue weighted by atomic mass is 31.2. The number of allylic oxidation sites excluding steroid dienone is 32. The molecule has 0 fully saturated rings. The molecule has 17 nitrogen and oxygen atoms in total. The molecule has 106 heavy (non-hydrogen) atoms. The molecule has 0 spiro atoms. The first-order valence-electron chi connectivity index (χ1n) is 39.7. The summed E-state index contributed by atoms with van der Waals surface area (Å²) in [6.07, 6.45) is 94.2. The Morgan fingerprint density at radius 1 is 0.274 bits per heavy atom. The van der Waals surface area contributed by atoms with Crippen LogP contribution in [0, 0.1) is 0 Å². The van der Waals surface area contributed by atoms with Gasteiger partial charge in [0.15, 0.2) is 12.2 Å². The SMILES string of the molecule is CC/C=C\C/C=C\C/C=C\C/C=C\C/C=C\CCCCCC(=O)OCC(COP(=O)(O)OCC(O)COP(=O)(O)OCC(COC(=O)CCC/C=C\C/C=C\C/C=C\C/C=C\C/C=C\CC)OC(=O)CCCCCC/C=C\C/C=C\C/C=C\C/C=C\CC)OC(=O)CCCCCCC/C=C\C/C=C\CCC. The number of phosphoric ester groups is 2. The molecule has 19 heteroatoms. The second-order valence-electron chi connectivity index (χ2n) is 25.5. The summed E-state index contributed by atoms with van der Waals surface area (Å²) in [6, 6.07) is 0. The number of esters is 4. The zero-order chi connectivity index (χ0) is 77.4. The van der Waals surface area contributed by atoms with Crippen molar-refractivity contribution >= 4 is 39.5 Å². The molecule has 598 valence electrons. The molecule has 0 aliphatic carbocycles. The van der Waals surface area contributed by atoms with Crippen molar-refractivity contribution in [3.8, 4) is 0 Å². The third-order valence-corrected chi connectivity index (χ3v) is 17.4. The second kappa shape index (κ2) is 77.1. The van der Waals surface area contributed by atoms with Gasteiger partial charge in [-0.15, -0.1) is 0 Å². The van der Waals surface area contributed by atoms with Crippen LogP contribution in [0.25, 0.3) is 0 Å². The van der Waals surface area contributed by atoms with Crippen molar-refractivity contribution in [3.63, 3.8) is 0 Å². The van der Waals surface area contributed by atoms with E-state index in [0.717, 1.165) is 186 Å². The number of aliphatic hydroxyl groups excluding tert-OH is 1. The fourth-order valence-corrected chi connectivity index (χ4v) is 11.2. The Bertz CT molecular complexity index is 2780. The smallest absolute Gasteiger partial charge is 0.462 e. The molecule has 5 unspecified atom stereocenters. The summed E-state index contributed by atoms with van der Waals surface area (Å²) in [6.45, 7) is 4.29. The van der Waals surface area contributed by atoms with Crippen LogP contribution >= 0.6 is 15.6 Å². The second-order valence-corrected chi connectivity index (χ2v) is 28.4. The highest BCUT2D eigenvalue weighted by Crippen LogP contribution is 2.45. The van der Waals surface area contributed by atoms with Crippen molar-refractivity contribution in [2.75, 3.05) is 39.6 Å². The standard InChI is InChI=1S/C87H138O17P2/c1-5-9-13-17-21-25-29-33-36-39-40-43-45-49-52-56-60-64-68-72-85(90)97-77-82(103-86(91)73-69-65-61-57-53-47-32-28-24-20-16-12-8-4)79-101-105(93,94)99-75-81(88)76-100-106(95,96)102-80-83(104-87(92)74-70-66-62-58-54-50-46-42-38-35-31-27-23-19-15-11-7-3)78-98-84(89)71-67-63-59-55-51-48-44-41-37-34-30-26-22-18-14-10-6-2/h9-11,13-16,20-23,25-28,32-38,40,43-44,46,48-50,52,55,59,81-83,88H,5-8,12,17-19,24,29-31,39,41-42,45,47,51,53-54,56-58,60-80H2,1-4H3,(H,93,94)(H,95,96)/b13-9-,14-10-,15-11-,20-16-,25-21-,26-22-,27-23-,32-28-,36-33-,37-34-,38-35-,43-40-,48-44-,50-46-,52-49-,59-55-. The molecule has 5 atom stereocenters. The van der Waals surface area contributed by atoms with Gasteiger partial charge in [-0.05, 0) is 173 Å². The molecule has 0 saturated carbocycles. The normalized spacial score (nSPS) is 14.9. The molecule has 3 N–H and O–H groups in total. The summed E-state index contributed by atoms with van der Waals surface area (Å²) in [5.74, 6) is -2.34. The van der Waals surface area contributed by atoms with Crippen LogP contribution in [0.5, 0.6) is 0 Å². The van der Waals surface area contributed by atoms with Crippen LogP contribution in [0.3, 0.4) is 0 Å². The third kappa shape index (κ3) is 76.1. The molecule has 0 bridgehead atoms. The largest absolute Gasteiger partial charge is 0.472 e. The lowest BCUT2D eigenvalue weighted by Gasteiger charge is -2.21. The molecular weight excluding hydrogens is 1380 g/mol. The van der Waals surface area contributed by atoms with Crippen LogP contribution in [0.15, 0.2) is 194 Å². The summed E-state index contributed by atoms with van der Waals surface area (Å²) in [4.78, 5) is 73.0. The maximum atomic E-state index is 13.1. The average molecular weight is 1520 g/mol. The monoisotopic (exact) mass is 1520 g/mol. The van der Waals surface area contributed by atoms with Gasteiger partial charge in [-0.25, -0.2) is 9.13 Å². The first-order chi connectivity index (χ1) is 51.7. The first-order valence-corrected chi connectivity index (χ1v) is 42.7. The Balaban J connectivity index is 5.49. The lowest BCUT2D eigenvalue weighted by molar-refractivity contribution is -0.161. The summed E-state index contributed by atoms with van der Waals surface area (Å²) >= 11 is 0. The van der Waals surface area contributed by atoms with Crippen LogP contribution in [0.4, 0.5) is 0 Å². The van der Waals surface area contributed by atoms with Crippen LogP contribution in [-0.4, -0.2) is 96.7 Å². The summed E-state index contributed by atoms with van der Waals surface area (Å²) in [5, 5.41) is 10.6. The number of carbonyl (C=O) groups excluding carboxylic acids is 4. The number of hydrogen-bond donors (Lipinski definition) is 3. The first kappa shape index (κ1) is 99.9. The van der Waals surface area contributed by atoms with Crippen molar-refractivity contribution in [1.82, 2.24) is 0 Å². The number of unbranched alkanes of at least 4 members (excludes halogenated alkanes) is 14. The molecule has 0 rings (SSSR count). The summed E-state index contributed by atoms with van der Waals surface area (Å²) in [7, 11) is -10.0. The van der Waals surface area contributed by atoms with Gasteiger partial charge >= 0.3 is 39.5 Å². The Morgan fingerprint density at radius 2 is 0.500 bits per heavy atom. The van der Waals surface area contributed by atoms with E-state index in [2.05, 4.69) is 210 Å². The zero-order valence-electron chi connectivity index (χ0n) is 65.3. The minimum absolute atomic E-state index is 0.0457. The Morgan fingerprint density at radius 3 is 0.802 bits per heavy atom. The molecule has 0 amide bonds. The van der Waals surface area contributed by atoms with E-state index in [9.17, 15) is 43.2 Å².